The maximum atomic E-state index is 12.4. The second-order valence-corrected chi connectivity index (χ2v) is 9.56. The van der Waals surface area contributed by atoms with Crippen LogP contribution < -0.4 is 4.72 Å². The Bertz CT molecular complexity index is 1360. The third kappa shape index (κ3) is 6.52. The van der Waals surface area contributed by atoms with E-state index in [0.29, 0.717) is 12.0 Å². The van der Waals surface area contributed by atoms with Gasteiger partial charge in [0.05, 0.1) is 17.1 Å². The number of aryl methyl sites for hydroxylation is 2. The first-order chi connectivity index (χ1) is 16.5. The van der Waals surface area contributed by atoms with Crippen LogP contribution in [0.2, 0.25) is 0 Å². The van der Waals surface area contributed by atoms with Gasteiger partial charge >= 0.3 is 0 Å². The van der Waals surface area contributed by atoms with Crippen molar-refractivity contribution in [1.29, 1.82) is 0 Å². The number of sulfonamides is 1. The molecule has 0 unspecified atom stereocenters. The topological polar surface area (TPSA) is 81.1 Å². The summed E-state index contributed by atoms with van der Waals surface area (Å²) in [6.07, 6.45) is 6.17. The van der Waals surface area contributed by atoms with Gasteiger partial charge in [-0.1, -0.05) is 78.9 Å². The van der Waals surface area contributed by atoms with Crippen LogP contribution >= 0.6 is 0 Å². The number of aromatic nitrogens is 2. The molecular weight excluding hydrogens is 446 g/mol. The van der Waals surface area contributed by atoms with Gasteiger partial charge in [-0.2, -0.15) is 5.10 Å². The van der Waals surface area contributed by atoms with Gasteiger partial charge in [-0.3, -0.25) is 4.79 Å². The first kappa shape index (κ1) is 23.2. The Hall–Kier alpha value is -3.97. The molecular formula is C27H25N3O3S. The highest BCUT2D eigenvalue weighted by atomic mass is 32.2. The van der Waals surface area contributed by atoms with Gasteiger partial charge in [-0.15, -0.1) is 0 Å². The maximum absolute atomic E-state index is 12.4. The molecule has 0 fully saturated rings. The summed E-state index contributed by atoms with van der Waals surface area (Å²) >= 11 is 0. The lowest BCUT2D eigenvalue weighted by Gasteiger charge is -2.04. The molecule has 34 heavy (non-hydrogen) atoms. The molecule has 0 radical (unpaired) electrons. The number of rotatable bonds is 9. The van der Waals surface area contributed by atoms with Crippen LogP contribution in [0.3, 0.4) is 0 Å². The average molecular weight is 472 g/mol. The highest BCUT2D eigenvalue weighted by Crippen LogP contribution is 2.17. The van der Waals surface area contributed by atoms with Gasteiger partial charge in [0.1, 0.15) is 0 Å². The SMILES string of the molecule is O=C(/C=C/c1cn(-c2ccccc2)nc1CCc1ccccc1)NS(=O)(=O)Cc1ccccc1. The highest BCUT2D eigenvalue weighted by molar-refractivity contribution is 7.89. The standard InChI is InChI=1S/C27H25N3O3S/c31-27(29-34(32,33)21-23-12-6-2-7-13-23)19-17-24-20-30(25-14-8-3-9-15-25)28-26(24)18-16-22-10-4-1-5-11-22/h1-15,17,19-20H,16,18,21H2,(H,29,31)/b19-17+. The van der Waals surface area contributed by atoms with Crippen LogP contribution in [0.5, 0.6) is 0 Å². The minimum absolute atomic E-state index is 0.262. The number of para-hydroxylation sites is 1. The van der Waals surface area contributed by atoms with Crippen molar-refractivity contribution in [2.45, 2.75) is 18.6 Å². The Labute approximate surface area is 199 Å². The Kier molecular flexibility index (Phi) is 7.34. The molecule has 172 valence electrons. The molecule has 0 spiro atoms. The summed E-state index contributed by atoms with van der Waals surface area (Å²) in [6.45, 7) is 0. The quantitative estimate of drug-likeness (QED) is 0.369. The molecule has 1 amide bonds. The van der Waals surface area contributed by atoms with Crippen LogP contribution in [0.15, 0.2) is 103 Å². The first-order valence-corrected chi connectivity index (χ1v) is 12.6. The van der Waals surface area contributed by atoms with Crippen molar-refractivity contribution in [2.75, 3.05) is 0 Å². The van der Waals surface area contributed by atoms with Crippen LogP contribution in [-0.2, 0) is 33.4 Å². The van der Waals surface area contributed by atoms with Crippen LogP contribution in [0.4, 0.5) is 0 Å². The van der Waals surface area contributed by atoms with E-state index in [4.69, 9.17) is 5.10 Å². The lowest BCUT2D eigenvalue weighted by atomic mass is 10.1. The molecule has 0 aliphatic heterocycles. The molecule has 0 aliphatic rings. The molecule has 4 aromatic rings. The van der Waals surface area contributed by atoms with Crippen LogP contribution in [0.1, 0.15) is 22.4 Å². The zero-order chi connectivity index (χ0) is 23.8. The number of carbonyl (C=O) groups excluding carboxylic acids is 1. The van der Waals surface area contributed by atoms with E-state index < -0.39 is 15.9 Å². The predicted molar refractivity (Wildman–Crippen MR) is 134 cm³/mol. The number of amides is 1. The zero-order valence-electron chi connectivity index (χ0n) is 18.5. The fourth-order valence-electron chi connectivity index (χ4n) is 3.56. The van der Waals surface area contributed by atoms with Gasteiger partial charge < -0.3 is 0 Å². The minimum Gasteiger partial charge on any atom is -0.269 e. The van der Waals surface area contributed by atoms with E-state index in [1.165, 1.54) is 11.6 Å². The van der Waals surface area contributed by atoms with Gasteiger partial charge in [0, 0.05) is 17.8 Å². The molecule has 1 heterocycles. The Morgan fingerprint density at radius 1 is 0.824 bits per heavy atom. The van der Waals surface area contributed by atoms with Crippen LogP contribution in [0.25, 0.3) is 11.8 Å². The summed E-state index contributed by atoms with van der Waals surface area (Å²) in [4.78, 5) is 12.4. The van der Waals surface area contributed by atoms with Crippen molar-refractivity contribution in [3.05, 3.63) is 126 Å². The second-order valence-electron chi connectivity index (χ2n) is 7.84. The number of hydrogen-bond acceptors (Lipinski definition) is 4. The van der Waals surface area contributed by atoms with Crippen molar-refractivity contribution in [2.24, 2.45) is 0 Å². The van der Waals surface area contributed by atoms with E-state index in [1.54, 1.807) is 35.0 Å². The molecule has 4 rings (SSSR count). The number of carbonyl (C=O) groups is 1. The van der Waals surface area contributed by atoms with E-state index in [1.807, 2.05) is 60.8 Å². The van der Waals surface area contributed by atoms with E-state index >= 15 is 0 Å². The van der Waals surface area contributed by atoms with Gasteiger partial charge in [-0.05, 0) is 42.2 Å². The number of hydrogen-bond donors (Lipinski definition) is 1. The van der Waals surface area contributed by atoms with Gasteiger partial charge in [-0.25, -0.2) is 17.8 Å². The average Bonchev–Trinajstić information content (AvgIpc) is 3.26. The third-order valence-electron chi connectivity index (χ3n) is 5.21. The summed E-state index contributed by atoms with van der Waals surface area (Å²) in [5.41, 5.74) is 4.29. The van der Waals surface area contributed by atoms with E-state index in [-0.39, 0.29) is 5.75 Å². The van der Waals surface area contributed by atoms with E-state index in [9.17, 15) is 13.2 Å². The molecule has 0 saturated heterocycles. The first-order valence-electron chi connectivity index (χ1n) is 10.9. The smallest absolute Gasteiger partial charge is 0.257 e. The molecule has 6 nitrogen and oxygen atoms in total. The number of nitrogens with zero attached hydrogens (tertiary/aromatic N) is 2. The lowest BCUT2D eigenvalue weighted by molar-refractivity contribution is -0.114. The molecule has 3 aromatic carbocycles. The summed E-state index contributed by atoms with van der Waals surface area (Å²) < 4.78 is 28.6. The van der Waals surface area contributed by atoms with E-state index in [0.717, 1.165) is 23.4 Å². The van der Waals surface area contributed by atoms with Crippen molar-refractivity contribution in [3.63, 3.8) is 0 Å². The highest BCUT2D eigenvalue weighted by Gasteiger charge is 2.14. The van der Waals surface area contributed by atoms with Gasteiger partial charge in [0.2, 0.25) is 10.0 Å². The minimum atomic E-state index is -3.80. The van der Waals surface area contributed by atoms with Crippen molar-refractivity contribution < 1.29 is 13.2 Å². The Morgan fingerprint density at radius 3 is 2.06 bits per heavy atom. The van der Waals surface area contributed by atoms with Crippen LogP contribution in [0, 0.1) is 0 Å². The largest absolute Gasteiger partial charge is 0.269 e. The molecule has 0 saturated carbocycles. The molecule has 0 bridgehead atoms. The predicted octanol–water partition coefficient (Wildman–Crippen LogP) is 4.32. The van der Waals surface area contributed by atoms with Crippen LogP contribution in [-0.4, -0.2) is 24.1 Å². The normalized spacial score (nSPS) is 11.5. The summed E-state index contributed by atoms with van der Waals surface area (Å²) in [5.74, 6) is -0.959. The van der Waals surface area contributed by atoms with E-state index in [2.05, 4.69) is 16.9 Å². The van der Waals surface area contributed by atoms with Crippen molar-refractivity contribution in [3.8, 4) is 5.69 Å². The summed E-state index contributed by atoms with van der Waals surface area (Å²) in [6, 6.07) is 28.5. The molecule has 7 heteroatoms. The lowest BCUT2D eigenvalue weighted by Crippen LogP contribution is -2.30. The van der Waals surface area contributed by atoms with Crippen molar-refractivity contribution in [1.82, 2.24) is 14.5 Å². The molecule has 0 atom stereocenters. The third-order valence-corrected chi connectivity index (χ3v) is 6.43. The second kappa shape index (κ2) is 10.8. The zero-order valence-corrected chi connectivity index (χ0v) is 19.4. The summed E-state index contributed by atoms with van der Waals surface area (Å²) in [7, 11) is -3.80. The fraction of sp³-hybridized carbons (Fsp3) is 0.111. The van der Waals surface area contributed by atoms with Crippen molar-refractivity contribution >= 4 is 22.0 Å². The number of benzene rings is 3. The Morgan fingerprint density at radius 2 is 1.41 bits per heavy atom. The summed E-state index contributed by atoms with van der Waals surface area (Å²) in [5, 5.41) is 4.72. The monoisotopic (exact) mass is 471 g/mol. The maximum Gasteiger partial charge on any atom is 0.257 e. The molecule has 1 aromatic heterocycles. The number of nitrogens with one attached hydrogen (secondary N) is 1. The van der Waals surface area contributed by atoms with Gasteiger partial charge in [0.15, 0.2) is 0 Å². The molecule has 0 aliphatic carbocycles. The molecule has 1 N–H and O–H groups in total. The van der Waals surface area contributed by atoms with Gasteiger partial charge in [0.25, 0.3) is 5.91 Å². The fourth-order valence-corrected chi connectivity index (χ4v) is 4.64. The Balaban J connectivity index is 1.50.